The molecule has 0 aromatic heterocycles. The standard InChI is InChI=1S/C23H21N3O/c1-16(2)17-7-10-21(11-8-17)26-23(27)20(14-24)15-25-22-12-9-18-5-3-4-6-19(18)13-22/h3-13,15-16,25H,1-2H3,(H,26,27)/b20-15-. The summed E-state index contributed by atoms with van der Waals surface area (Å²) in [6.07, 6.45) is 1.43. The first-order chi connectivity index (χ1) is 13.1. The van der Waals surface area contributed by atoms with Gasteiger partial charge in [-0.2, -0.15) is 5.26 Å². The fourth-order valence-corrected chi connectivity index (χ4v) is 2.73. The number of nitriles is 1. The average Bonchev–Trinajstić information content (AvgIpc) is 2.68. The summed E-state index contributed by atoms with van der Waals surface area (Å²) in [6.45, 7) is 4.23. The van der Waals surface area contributed by atoms with Crippen LogP contribution in [0.15, 0.2) is 78.5 Å². The van der Waals surface area contributed by atoms with Crippen LogP contribution in [0.2, 0.25) is 0 Å². The van der Waals surface area contributed by atoms with Crippen molar-refractivity contribution in [3.05, 3.63) is 84.1 Å². The number of nitrogens with one attached hydrogen (secondary N) is 2. The number of carbonyl (C=O) groups is 1. The molecule has 3 rings (SSSR count). The molecule has 4 heteroatoms. The lowest BCUT2D eigenvalue weighted by Crippen LogP contribution is -2.14. The maximum atomic E-state index is 12.4. The third kappa shape index (κ3) is 4.53. The lowest BCUT2D eigenvalue weighted by atomic mass is 10.0. The van der Waals surface area contributed by atoms with Crippen molar-refractivity contribution in [1.29, 1.82) is 5.26 Å². The molecule has 0 radical (unpaired) electrons. The molecule has 0 bridgehead atoms. The van der Waals surface area contributed by atoms with Gasteiger partial charge in [-0.05, 0) is 46.5 Å². The van der Waals surface area contributed by atoms with Gasteiger partial charge < -0.3 is 10.6 Å². The smallest absolute Gasteiger partial charge is 0.267 e. The van der Waals surface area contributed by atoms with Gasteiger partial charge in [0.1, 0.15) is 11.6 Å². The molecule has 2 N–H and O–H groups in total. The highest BCUT2D eigenvalue weighted by molar-refractivity contribution is 6.06. The first-order valence-corrected chi connectivity index (χ1v) is 8.84. The van der Waals surface area contributed by atoms with Crippen LogP contribution < -0.4 is 10.6 Å². The Morgan fingerprint density at radius 2 is 1.63 bits per heavy atom. The molecule has 0 aliphatic carbocycles. The predicted molar refractivity (Wildman–Crippen MR) is 110 cm³/mol. The van der Waals surface area contributed by atoms with Crippen LogP contribution in [0.4, 0.5) is 11.4 Å². The number of fused-ring (bicyclic) bond motifs is 1. The van der Waals surface area contributed by atoms with Crippen LogP contribution in [0.25, 0.3) is 10.8 Å². The van der Waals surface area contributed by atoms with E-state index in [9.17, 15) is 10.1 Å². The second kappa shape index (κ2) is 8.20. The van der Waals surface area contributed by atoms with E-state index in [0.717, 1.165) is 16.5 Å². The zero-order valence-corrected chi connectivity index (χ0v) is 15.4. The van der Waals surface area contributed by atoms with E-state index in [1.165, 1.54) is 11.8 Å². The minimum absolute atomic E-state index is 0.0103. The molecule has 0 aliphatic rings. The fraction of sp³-hybridized carbons (Fsp3) is 0.130. The van der Waals surface area contributed by atoms with Crippen molar-refractivity contribution in [1.82, 2.24) is 0 Å². The second-order valence-corrected chi connectivity index (χ2v) is 6.61. The Balaban J connectivity index is 1.70. The van der Waals surface area contributed by atoms with Crippen molar-refractivity contribution in [3.63, 3.8) is 0 Å². The molecule has 3 aromatic carbocycles. The quantitative estimate of drug-likeness (QED) is 0.474. The summed E-state index contributed by atoms with van der Waals surface area (Å²) < 4.78 is 0. The Kier molecular flexibility index (Phi) is 5.53. The van der Waals surface area contributed by atoms with Crippen LogP contribution in [0.3, 0.4) is 0 Å². The largest absolute Gasteiger partial charge is 0.360 e. The number of benzene rings is 3. The van der Waals surface area contributed by atoms with Crippen LogP contribution >= 0.6 is 0 Å². The van der Waals surface area contributed by atoms with E-state index in [1.54, 1.807) is 0 Å². The van der Waals surface area contributed by atoms with E-state index in [4.69, 9.17) is 0 Å². The number of carbonyl (C=O) groups excluding carboxylic acids is 1. The van der Waals surface area contributed by atoms with Crippen LogP contribution in [0, 0.1) is 11.3 Å². The number of hydrogen-bond acceptors (Lipinski definition) is 3. The van der Waals surface area contributed by atoms with Crippen molar-refractivity contribution in [2.24, 2.45) is 0 Å². The number of hydrogen-bond donors (Lipinski definition) is 2. The molecule has 27 heavy (non-hydrogen) atoms. The Hall–Kier alpha value is -3.58. The molecule has 0 fully saturated rings. The van der Waals surface area contributed by atoms with Crippen LogP contribution in [0.5, 0.6) is 0 Å². The first kappa shape index (κ1) is 18.2. The van der Waals surface area contributed by atoms with Gasteiger partial charge in [-0.1, -0.05) is 56.3 Å². The molecule has 0 aliphatic heterocycles. The number of rotatable bonds is 5. The van der Waals surface area contributed by atoms with Gasteiger partial charge >= 0.3 is 0 Å². The lowest BCUT2D eigenvalue weighted by molar-refractivity contribution is -0.112. The molecular formula is C23H21N3O. The Labute approximate surface area is 159 Å². The molecule has 3 aromatic rings. The summed E-state index contributed by atoms with van der Waals surface area (Å²) in [5.74, 6) is -0.0152. The first-order valence-electron chi connectivity index (χ1n) is 8.84. The van der Waals surface area contributed by atoms with E-state index in [2.05, 4.69) is 24.5 Å². The summed E-state index contributed by atoms with van der Waals surface area (Å²) in [7, 11) is 0. The highest BCUT2D eigenvalue weighted by Gasteiger charge is 2.09. The molecule has 134 valence electrons. The summed E-state index contributed by atoms with van der Waals surface area (Å²) in [4.78, 5) is 12.4. The third-order valence-electron chi connectivity index (χ3n) is 4.33. The van der Waals surface area contributed by atoms with Gasteiger partial charge in [0.05, 0.1) is 0 Å². The van der Waals surface area contributed by atoms with Gasteiger partial charge in [0.15, 0.2) is 0 Å². The fourth-order valence-electron chi connectivity index (χ4n) is 2.73. The highest BCUT2D eigenvalue weighted by Crippen LogP contribution is 2.20. The van der Waals surface area contributed by atoms with Crippen molar-refractivity contribution >= 4 is 28.1 Å². The van der Waals surface area contributed by atoms with Gasteiger partial charge in [0.2, 0.25) is 0 Å². The van der Waals surface area contributed by atoms with Gasteiger partial charge in [-0.15, -0.1) is 0 Å². The maximum Gasteiger partial charge on any atom is 0.267 e. The van der Waals surface area contributed by atoms with E-state index >= 15 is 0 Å². The van der Waals surface area contributed by atoms with E-state index in [-0.39, 0.29) is 5.57 Å². The second-order valence-electron chi connectivity index (χ2n) is 6.61. The van der Waals surface area contributed by atoms with Crippen molar-refractivity contribution in [2.75, 3.05) is 10.6 Å². The normalized spacial score (nSPS) is 11.3. The number of anilines is 2. The molecule has 0 atom stereocenters. The zero-order chi connectivity index (χ0) is 19.2. The number of amides is 1. The summed E-state index contributed by atoms with van der Waals surface area (Å²) >= 11 is 0. The lowest BCUT2D eigenvalue weighted by Gasteiger charge is -2.08. The molecule has 4 nitrogen and oxygen atoms in total. The van der Waals surface area contributed by atoms with Crippen LogP contribution in [-0.4, -0.2) is 5.91 Å². The SMILES string of the molecule is CC(C)c1ccc(NC(=O)/C(C#N)=C\Nc2ccc3ccccc3c2)cc1. The van der Waals surface area contributed by atoms with Crippen molar-refractivity contribution in [2.45, 2.75) is 19.8 Å². The molecular weight excluding hydrogens is 334 g/mol. The highest BCUT2D eigenvalue weighted by atomic mass is 16.1. The Morgan fingerprint density at radius 1 is 0.963 bits per heavy atom. The average molecular weight is 355 g/mol. The minimum atomic E-state index is -0.442. The zero-order valence-electron chi connectivity index (χ0n) is 15.4. The molecule has 1 amide bonds. The summed E-state index contributed by atoms with van der Waals surface area (Å²) in [5, 5.41) is 17.3. The Morgan fingerprint density at radius 3 is 2.30 bits per heavy atom. The summed E-state index contributed by atoms with van der Waals surface area (Å²) in [5.41, 5.74) is 2.69. The van der Waals surface area contributed by atoms with E-state index in [0.29, 0.717) is 11.6 Å². The topological polar surface area (TPSA) is 64.9 Å². The van der Waals surface area contributed by atoms with Gasteiger partial charge in [0.25, 0.3) is 5.91 Å². The van der Waals surface area contributed by atoms with E-state index in [1.807, 2.05) is 72.8 Å². The van der Waals surface area contributed by atoms with Gasteiger partial charge in [-0.3, -0.25) is 4.79 Å². The third-order valence-corrected chi connectivity index (χ3v) is 4.33. The number of nitrogens with zero attached hydrogens (tertiary/aromatic N) is 1. The van der Waals surface area contributed by atoms with Crippen molar-refractivity contribution in [3.8, 4) is 6.07 Å². The van der Waals surface area contributed by atoms with Gasteiger partial charge in [-0.25, -0.2) is 0 Å². The monoisotopic (exact) mass is 355 g/mol. The molecule has 0 heterocycles. The molecule has 0 saturated heterocycles. The Bertz CT molecular complexity index is 1030. The maximum absolute atomic E-state index is 12.4. The predicted octanol–water partition coefficient (Wildman–Crippen LogP) is 5.42. The van der Waals surface area contributed by atoms with Crippen LogP contribution in [0.1, 0.15) is 25.3 Å². The molecule has 0 unspecified atom stereocenters. The molecule has 0 spiro atoms. The minimum Gasteiger partial charge on any atom is -0.360 e. The van der Waals surface area contributed by atoms with Gasteiger partial charge in [0, 0.05) is 17.6 Å². The van der Waals surface area contributed by atoms with Crippen LogP contribution in [-0.2, 0) is 4.79 Å². The van der Waals surface area contributed by atoms with E-state index < -0.39 is 5.91 Å². The summed E-state index contributed by atoms with van der Waals surface area (Å²) in [6, 6.07) is 23.5. The van der Waals surface area contributed by atoms with Crippen molar-refractivity contribution < 1.29 is 4.79 Å². The molecule has 0 saturated carbocycles.